The number of ketones is 1. The molecule has 2 aliphatic carbocycles. The van der Waals surface area contributed by atoms with Crippen molar-refractivity contribution >= 4 is 5.78 Å². The highest BCUT2D eigenvalue weighted by Crippen LogP contribution is 2.59. The van der Waals surface area contributed by atoms with Crippen LogP contribution in [0.1, 0.15) is 118 Å². The lowest BCUT2D eigenvalue weighted by Gasteiger charge is -2.43. The van der Waals surface area contributed by atoms with Crippen LogP contribution >= 0.6 is 0 Å². The van der Waals surface area contributed by atoms with E-state index >= 15 is 0 Å². The first kappa shape index (κ1) is 22.4. The molecule has 27 heavy (non-hydrogen) atoms. The highest BCUT2D eigenvalue weighted by molar-refractivity contribution is 5.89. The molecule has 0 amide bonds. The Labute approximate surface area is 169 Å². The van der Waals surface area contributed by atoms with Crippen molar-refractivity contribution in [2.24, 2.45) is 16.7 Å². The maximum atomic E-state index is 12.8. The maximum absolute atomic E-state index is 12.8. The Hall–Kier alpha value is -0.850. The zero-order valence-corrected chi connectivity index (χ0v) is 18.6. The lowest BCUT2D eigenvalue weighted by atomic mass is 9.60. The van der Waals surface area contributed by atoms with Crippen LogP contribution in [0.2, 0.25) is 0 Å². The van der Waals surface area contributed by atoms with E-state index in [1.165, 1.54) is 82.6 Å². The molecular weight excluding hydrogens is 328 g/mol. The van der Waals surface area contributed by atoms with E-state index in [-0.39, 0.29) is 10.8 Å². The molecule has 0 aliphatic heterocycles. The quantitative estimate of drug-likeness (QED) is 0.298. The fraction of sp³-hybridized carbons (Fsp3) is 0.808. The molecular formula is C26H44O. The Bertz CT molecular complexity index is 528. The van der Waals surface area contributed by atoms with Crippen LogP contribution < -0.4 is 0 Å². The van der Waals surface area contributed by atoms with E-state index in [4.69, 9.17) is 0 Å². The second kappa shape index (κ2) is 10.6. The van der Waals surface area contributed by atoms with Crippen molar-refractivity contribution in [1.29, 1.82) is 0 Å². The minimum atomic E-state index is -0.200. The van der Waals surface area contributed by atoms with E-state index in [0.29, 0.717) is 11.7 Å². The molecule has 1 heteroatoms. The summed E-state index contributed by atoms with van der Waals surface area (Å²) >= 11 is 0. The molecule has 3 atom stereocenters. The predicted molar refractivity (Wildman–Crippen MR) is 118 cm³/mol. The van der Waals surface area contributed by atoms with Gasteiger partial charge in [-0.3, -0.25) is 4.79 Å². The van der Waals surface area contributed by atoms with Gasteiger partial charge in [0.15, 0.2) is 0 Å². The number of fused-ring (bicyclic) bond motifs is 2. The van der Waals surface area contributed by atoms with Gasteiger partial charge in [-0.1, -0.05) is 96.8 Å². The van der Waals surface area contributed by atoms with Gasteiger partial charge in [-0.25, -0.2) is 0 Å². The van der Waals surface area contributed by atoms with Crippen molar-refractivity contribution in [1.82, 2.24) is 0 Å². The number of carbonyl (C=O) groups excluding carboxylic acids is 1. The van der Waals surface area contributed by atoms with E-state index in [1.807, 2.05) is 0 Å². The van der Waals surface area contributed by atoms with Gasteiger partial charge in [0, 0.05) is 11.8 Å². The molecule has 1 fully saturated rings. The topological polar surface area (TPSA) is 17.1 Å². The number of carbonyl (C=O) groups is 1. The molecule has 0 aromatic rings. The molecule has 2 bridgehead atoms. The fourth-order valence-corrected chi connectivity index (χ4v) is 5.39. The highest BCUT2D eigenvalue weighted by Gasteiger charge is 2.54. The largest absolute Gasteiger partial charge is 0.299 e. The third kappa shape index (κ3) is 5.81. The fourth-order valence-electron chi connectivity index (χ4n) is 5.39. The third-order valence-electron chi connectivity index (χ3n) is 7.27. The van der Waals surface area contributed by atoms with Gasteiger partial charge in [0.05, 0.1) is 0 Å². The van der Waals surface area contributed by atoms with Crippen LogP contribution in [0.5, 0.6) is 0 Å². The second-order valence-electron chi connectivity index (χ2n) is 9.74. The van der Waals surface area contributed by atoms with E-state index in [9.17, 15) is 4.79 Å². The van der Waals surface area contributed by atoms with Crippen LogP contribution in [-0.2, 0) is 4.79 Å². The summed E-state index contributed by atoms with van der Waals surface area (Å²) in [5.41, 5.74) is 1.48. The summed E-state index contributed by atoms with van der Waals surface area (Å²) in [5, 5.41) is 0. The van der Waals surface area contributed by atoms with Crippen LogP contribution in [-0.4, -0.2) is 5.78 Å². The van der Waals surface area contributed by atoms with Crippen LogP contribution in [0.3, 0.4) is 0 Å². The molecule has 0 heterocycles. The zero-order chi connectivity index (χ0) is 19.8. The average Bonchev–Trinajstić information content (AvgIpc) is 2.88. The number of hydrogen-bond donors (Lipinski definition) is 0. The Kier molecular flexibility index (Phi) is 8.83. The molecule has 1 nitrogen and oxygen atoms in total. The Morgan fingerprint density at radius 3 is 2.26 bits per heavy atom. The molecule has 154 valence electrons. The Morgan fingerprint density at radius 2 is 1.59 bits per heavy atom. The van der Waals surface area contributed by atoms with Crippen LogP contribution in [0.4, 0.5) is 0 Å². The van der Waals surface area contributed by atoms with Gasteiger partial charge in [-0.05, 0) is 49.5 Å². The van der Waals surface area contributed by atoms with Gasteiger partial charge >= 0.3 is 0 Å². The van der Waals surface area contributed by atoms with Gasteiger partial charge in [0.1, 0.15) is 5.78 Å². The number of unbranched alkanes of at least 4 members (excludes halogenated alkanes) is 9. The number of Topliss-reactive ketones (excluding diaryl/α,β-unsaturated/α-hetero) is 1. The third-order valence-corrected chi connectivity index (χ3v) is 7.27. The van der Waals surface area contributed by atoms with Crippen LogP contribution in [0.15, 0.2) is 23.8 Å². The molecule has 2 rings (SSSR count). The zero-order valence-electron chi connectivity index (χ0n) is 18.6. The van der Waals surface area contributed by atoms with Gasteiger partial charge in [0.25, 0.3) is 0 Å². The molecule has 2 aliphatic rings. The number of allylic oxidation sites excluding steroid dienone is 4. The van der Waals surface area contributed by atoms with E-state index in [0.717, 1.165) is 12.8 Å². The minimum Gasteiger partial charge on any atom is -0.299 e. The number of hydrogen-bond acceptors (Lipinski definition) is 1. The lowest BCUT2D eigenvalue weighted by molar-refractivity contribution is -0.131. The molecule has 3 unspecified atom stereocenters. The first-order valence-corrected chi connectivity index (χ1v) is 11.9. The predicted octanol–water partition coefficient (Wildman–Crippen LogP) is 8.20. The Morgan fingerprint density at radius 1 is 0.963 bits per heavy atom. The van der Waals surface area contributed by atoms with Gasteiger partial charge < -0.3 is 0 Å². The Balaban J connectivity index is 1.93. The standard InChI is InChI=1S/C26H44O/c1-5-7-9-11-12-14-16-18-23-20-25(3)21-26(23,4)22(19-24(25)27)17-15-13-10-8-6-2/h16,18,20,22H,5-15,17,19,21H2,1-4H3. The molecule has 0 aromatic heterocycles. The van der Waals surface area contributed by atoms with Crippen molar-refractivity contribution in [3.8, 4) is 0 Å². The first-order chi connectivity index (χ1) is 13.0. The molecule has 0 aromatic carbocycles. The van der Waals surface area contributed by atoms with E-state index < -0.39 is 0 Å². The molecule has 0 saturated heterocycles. The normalized spacial score (nSPS) is 30.3. The first-order valence-electron chi connectivity index (χ1n) is 11.9. The van der Waals surface area contributed by atoms with Crippen molar-refractivity contribution in [2.75, 3.05) is 0 Å². The monoisotopic (exact) mass is 372 g/mol. The van der Waals surface area contributed by atoms with Crippen molar-refractivity contribution in [2.45, 2.75) is 118 Å². The van der Waals surface area contributed by atoms with E-state index in [2.05, 4.69) is 45.9 Å². The molecule has 0 radical (unpaired) electrons. The average molecular weight is 373 g/mol. The van der Waals surface area contributed by atoms with Gasteiger partial charge in [-0.15, -0.1) is 0 Å². The summed E-state index contributed by atoms with van der Waals surface area (Å²) in [6.07, 6.45) is 24.7. The second-order valence-corrected chi connectivity index (χ2v) is 9.74. The molecule has 0 N–H and O–H groups in total. The molecule has 1 saturated carbocycles. The van der Waals surface area contributed by atoms with Crippen LogP contribution in [0.25, 0.3) is 0 Å². The summed E-state index contributed by atoms with van der Waals surface area (Å²) in [6, 6.07) is 0. The summed E-state index contributed by atoms with van der Waals surface area (Å²) in [4.78, 5) is 12.8. The smallest absolute Gasteiger partial charge is 0.142 e. The van der Waals surface area contributed by atoms with Crippen LogP contribution in [0, 0.1) is 16.7 Å². The summed E-state index contributed by atoms with van der Waals surface area (Å²) in [7, 11) is 0. The molecule has 0 spiro atoms. The highest BCUT2D eigenvalue weighted by atomic mass is 16.1. The van der Waals surface area contributed by atoms with E-state index in [1.54, 1.807) is 0 Å². The SMILES string of the molecule is CCCCCCCC=CC1=CC2(C)CC1(C)C(CCCCCCC)CC2=O. The van der Waals surface area contributed by atoms with Crippen molar-refractivity contribution in [3.63, 3.8) is 0 Å². The number of rotatable bonds is 13. The lowest BCUT2D eigenvalue weighted by Crippen LogP contribution is -2.40. The maximum Gasteiger partial charge on any atom is 0.142 e. The van der Waals surface area contributed by atoms with Crippen molar-refractivity contribution in [3.05, 3.63) is 23.8 Å². The van der Waals surface area contributed by atoms with Gasteiger partial charge in [0.2, 0.25) is 0 Å². The minimum absolute atomic E-state index is 0.200. The van der Waals surface area contributed by atoms with Crippen molar-refractivity contribution < 1.29 is 4.79 Å². The summed E-state index contributed by atoms with van der Waals surface area (Å²) < 4.78 is 0. The van der Waals surface area contributed by atoms with Gasteiger partial charge in [-0.2, -0.15) is 0 Å². The summed E-state index contributed by atoms with van der Waals surface area (Å²) in [5.74, 6) is 1.03. The summed E-state index contributed by atoms with van der Waals surface area (Å²) in [6.45, 7) is 9.16.